The van der Waals surface area contributed by atoms with Crippen LogP contribution in [-0.2, 0) is 13.0 Å². The number of phenolic OH excluding ortho intramolecular Hbond substituents is 1. The van der Waals surface area contributed by atoms with Gasteiger partial charge in [0.25, 0.3) is 5.89 Å². The maximum atomic E-state index is 11.3. The van der Waals surface area contributed by atoms with Crippen LogP contribution in [-0.4, -0.2) is 49.5 Å². The Bertz CT molecular complexity index is 1210. The number of fused-ring (bicyclic) bond motifs is 5. The lowest BCUT2D eigenvalue weighted by Gasteiger charge is -2.19. The number of aromatic hydroxyl groups is 1. The number of nitrogens with zero attached hydrogens (tertiary/aromatic N) is 4. The summed E-state index contributed by atoms with van der Waals surface area (Å²) in [6.45, 7) is 8.10. The van der Waals surface area contributed by atoms with Gasteiger partial charge in [0.15, 0.2) is 0 Å². The predicted molar refractivity (Wildman–Crippen MR) is 115 cm³/mol. The Morgan fingerprint density at radius 3 is 2.63 bits per heavy atom. The van der Waals surface area contributed by atoms with Crippen molar-refractivity contribution in [2.45, 2.75) is 39.3 Å². The van der Waals surface area contributed by atoms with E-state index in [1.165, 1.54) is 6.39 Å². The number of aliphatic hydroxyl groups excluding tert-OH is 1. The van der Waals surface area contributed by atoms with Crippen LogP contribution < -0.4 is 0 Å². The Hall–Kier alpha value is -2.90. The molecule has 156 valence electrons. The molecule has 4 aromatic rings. The summed E-state index contributed by atoms with van der Waals surface area (Å²) in [5, 5.41) is 31.3. The molecule has 5 rings (SSSR count). The van der Waals surface area contributed by atoms with E-state index in [9.17, 15) is 10.2 Å². The molecule has 30 heavy (non-hydrogen) atoms. The van der Waals surface area contributed by atoms with Gasteiger partial charge in [0, 0.05) is 24.0 Å². The van der Waals surface area contributed by atoms with Crippen LogP contribution in [0.3, 0.4) is 0 Å². The molecule has 2 heterocycles. The Balaban J connectivity index is 1.78. The van der Waals surface area contributed by atoms with Gasteiger partial charge in [-0.3, -0.25) is 0 Å². The maximum Gasteiger partial charge on any atom is 0.251 e. The van der Waals surface area contributed by atoms with Crippen LogP contribution in [0, 0.1) is 0 Å². The Kier molecular flexibility index (Phi) is 4.72. The number of hydrogen-bond donors (Lipinski definition) is 2. The molecule has 1 aliphatic rings. The molecule has 0 radical (unpaired) electrons. The number of likely N-dealkylation sites (N-methyl/N-ethyl adjacent to an activating group) is 1. The zero-order valence-electron chi connectivity index (χ0n) is 17.3. The average Bonchev–Trinajstić information content (AvgIpc) is 3.48. The molecule has 0 amide bonds. The summed E-state index contributed by atoms with van der Waals surface area (Å²) in [5.74, 6) is 0.448. The molecule has 1 aliphatic carbocycles. The SMILES string of the molecule is CCN(CC)CCn1c2ccc(-c3nnco3)c(O)c2c2c3c(ccc21)C(O)CC3. The summed E-state index contributed by atoms with van der Waals surface area (Å²) < 4.78 is 7.63. The molecule has 2 N–H and O–H groups in total. The van der Waals surface area contributed by atoms with E-state index in [1.54, 1.807) is 0 Å². The maximum absolute atomic E-state index is 11.3. The molecule has 0 saturated carbocycles. The van der Waals surface area contributed by atoms with E-state index in [4.69, 9.17) is 4.42 Å². The molecule has 0 fully saturated rings. The van der Waals surface area contributed by atoms with Gasteiger partial charge < -0.3 is 24.1 Å². The summed E-state index contributed by atoms with van der Waals surface area (Å²) in [4.78, 5) is 2.39. The Morgan fingerprint density at radius 2 is 1.90 bits per heavy atom. The van der Waals surface area contributed by atoms with Gasteiger partial charge in [0.05, 0.1) is 22.6 Å². The standard InChI is InChI=1S/C23H26N4O3/c1-3-26(4-2)11-12-27-17-8-5-14-15(7-10-19(14)28)20(17)21-18(27)9-6-16(22(21)29)23-25-24-13-30-23/h5-6,8-9,13,19,28-29H,3-4,7,10-12H2,1-2H3. The normalized spacial score (nSPS) is 16.2. The van der Waals surface area contributed by atoms with Gasteiger partial charge in [-0.05, 0) is 55.3 Å². The van der Waals surface area contributed by atoms with Gasteiger partial charge in [-0.15, -0.1) is 10.2 Å². The van der Waals surface area contributed by atoms with E-state index < -0.39 is 6.10 Å². The van der Waals surface area contributed by atoms with Crippen LogP contribution in [0.1, 0.15) is 37.5 Å². The first-order valence-electron chi connectivity index (χ1n) is 10.6. The van der Waals surface area contributed by atoms with Crippen molar-refractivity contribution in [3.8, 4) is 17.2 Å². The minimum atomic E-state index is -0.445. The van der Waals surface area contributed by atoms with E-state index in [-0.39, 0.29) is 5.75 Å². The number of aromatic nitrogens is 3. The van der Waals surface area contributed by atoms with E-state index in [2.05, 4.69) is 39.6 Å². The molecule has 7 heteroatoms. The number of benzene rings is 2. The topological polar surface area (TPSA) is 87.6 Å². The van der Waals surface area contributed by atoms with Crippen molar-refractivity contribution in [2.75, 3.05) is 19.6 Å². The van der Waals surface area contributed by atoms with E-state index in [1.807, 2.05) is 18.2 Å². The summed E-state index contributed by atoms with van der Waals surface area (Å²) >= 11 is 0. The zero-order chi connectivity index (χ0) is 20.8. The molecule has 2 aromatic carbocycles. The third-order valence-corrected chi connectivity index (χ3v) is 6.47. The van der Waals surface area contributed by atoms with Crippen molar-refractivity contribution in [3.63, 3.8) is 0 Å². The Labute approximate surface area is 174 Å². The van der Waals surface area contributed by atoms with E-state index in [0.717, 1.165) is 65.5 Å². The third kappa shape index (κ3) is 2.80. The lowest BCUT2D eigenvalue weighted by atomic mass is 10.0. The van der Waals surface area contributed by atoms with Crippen molar-refractivity contribution < 1.29 is 14.6 Å². The first kappa shape index (κ1) is 19.1. The highest BCUT2D eigenvalue weighted by Gasteiger charge is 2.27. The highest BCUT2D eigenvalue weighted by atomic mass is 16.4. The second-order valence-corrected chi connectivity index (χ2v) is 7.86. The van der Waals surface area contributed by atoms with E-state index in [0.29, 0.717) is 17.9 Å². The smallest absolute Gasteiger partial charge is 0.251 e. The average molecular weight is 406 g/mol. The van der Waals surface area contributed by atoms with Crippen LogP contribution in [0.25, 0.3) is 33.3 Å². The monoisotopic (exact) mass is 406 g/mol. The van der Waals surface area contributed by atoms with Gasteiger partial charge in [0.1, 0.15) is 5.75 Å². The minimum absolute atomic E-state index is 0.151. The highest BCUT2D eigenvalue weighted by Crippen LogP contribution is 2.45. The lowest BCUT2D eigenvalue weighted by Crippen LogP contribution is -2.26. The number of aryl methyl sites for hydroxylation is 1. The summed E-state index contributed by atoms with van der Waals surface area (Å²) in [5.41, 5.74) is 4.69. The van der Waals surface area contributed by atoms with Gasteiger partial charge in [-0.1, -0.05) is 19.9 Å². The fourth-order valence-corrected chi connectivity index (χ4v) is 4.84. The van der Waals surface area contributed by atoms with Crippen LogP contribution in [0.15, 0.2) is 35.1 Å². The van der Waals surface area contributed by atoms with Crippen LogP contribution in [0.2, 0.25) is 0 Å². The number of aliphatic hydroxyl groups is 1. The van der Waals surface area contributed by atoms with Gasteiger partial charge in [-0.2, -0.15) is 0 Å². The summed E-state index contributed by atoms with van der Waals surface area (Å²) in [6, 6.07) is 7.98. The van der Waals surface area contributed by atoms with Crippen LogP contribution in [0.4, 0.5) is 0 Å². The van der Waals surface area contributed by atoms with Crippen molar-refractivity contribution in [1.29, 1.82) is 0 Å². The van der Waals surface area contributed by atoms with Crippen molar-refractivity contribution in [2.24, 2.45) is 0 Å². The van der Waals surface area contributed by atoms with Crippen molar-refractivity contribution in [3.05, 3.63) is 41.8 Å². The number of rotatable bonds is 6. The van der Waals surface area contributed by atoms with Crippen LogP contribution in [0.5, 0.6) is 5.75 Å². The molecular weight excluding hydrogens is 380 g/mol. The van der Waals surface area contributed by atoms with Crippen molar-refractivity contribution >= 4 is 21.8 Å². The molecule has 0 spiro atoms. The molecule has 7 nitrogen and oxygen atoms in total. The van der Waals surface area contributed by atoms with Gasteiger partial charge >= 0.3 is 0 Å². The van der Waals surface area contributed by atoms with Crippen molar-refractivity contribution in [1.82, 2.24) is 19.7 Å². The number of hydrogen-bond acceptors (Lipinski definition) is 6. The molecule has 0 aliphatic heterocycles. The lowest BCUT2D eigenvalue weighted by molar-refractivity contribution is 0.180. The first-order chi connectivity index (χ1) is 14.6. The molecule has 1 unspecified atom stereocenters. The molecule has 0 bridgehead atoms. The van der Waals surface area contributed by atoms with Crippen LogP contribution >= 0.6 is 0 Å². The van der Waals surface area contributed by atoms with Gasteiger partial charge in [0.2, 0.25) is 6.39 Å². The minimum Gasteiger partial charge on any atom is -0.506 e. The molecule has 0 saturated heterocycles. The summed E-state index contributed by atoms with van der Waals surface area (Å²) in [6.07, 6.45) is 2.33. The fraction of sp³-hybridized carbons (Fsp3) is 0.391. The molecular formula is C23H26N4O3. The van der Waals surface area contributed by atoms with E-state index >= 15 is 0 Å². The highest BCUT2D eigenvalue weighted by molar-refractivity contribution is 6.14. The number of phenols is 1. The fourth-order valence-electron chi connectivity index (χ4n) is 4.84. The zero-order valence-corrected chi connectivity index (χ0v) is 17.3. The molecule has 2 aromatic heterocycles. The summed E-state index contributed by atoms with van der Waals surface area (Å²) in [7, 11) is 0. The third-order valence-electron chi connectivity index (χ3n) is 6.47. The van der Waals surface area contributed by atoms with Gasteiger partial charge in [-0.25, -0.2) is 0 Å². The molecule has 1 atom stereocenters. The second-order valence-electron chi connectivity index (χ2n) is 7.86. The quantitative estimate of drug-likeness (QED) is 0.505. The predicted octanol–water partition coefficient (Wildman–Crippen LogP) is 3.87. The Morgan fingerprint density at radius 1 is 1.13 bits per heavy atom. The second kappa shape index (κ2) is 7.41. The largest absolute Gasteiger partial charge is 0.506 e. The first-order valence-corrected chi connectivity index (χ1v) is 10.6.